The lowest BCUT2D eigenvalue weighted by Crippen LogP contribution is -2.62. The van der Waals surface area contributed by atoms with Crippen LogP contribution in [0.5, 0.6) is 5.75 Å². The van der Waals surface area contributed by atoms with E-state index < -0.39 is 5.66 Å². The van der Waals surface area contributed by atoms with E-state index in [2.05, 4.69) is 5.32 Å². The molecule has 2 aliphatic rings. The van der Waals surface area contributed by atoms with Crippen LogP contribution in [0.3, 0.4) is 0 Å². The molecule has 0 aromatic heterocycles. The molecule has 0 spiro atoms. The SMILES string of the molecule is COc1ccc(C)cc1NC(=O)CCN1C(=O)c2ccccc2N2C(=O)CCC12C. The number of fused-ring (bicyclic) bond motifs is 3. The van der Waals surface area contributed by atoms with Gasteiger partial charge < -0.3 is 15.0 Å². The monoisotopic (exact) mass is 407 g/mol. The minimum absolute atomic E-state index is 0.00333. The Hall–Kier alpha value is -3.35. The maximum absolute atomic E-state index is 13.2. The van der Waals surface area contributed by atoms with Crippen molar-refractivity contribution < 1.29 is 19.1 Å². The Morgan fingerprint density at radius 2 is 1.97 bits per heavy atom. The first kappa shape index (κ1) is 19.9. The van der Waals surface area contributed by atoms with Crippen LogP contribution < -0.4 is 15.0 Å². The number of methoxy groups -OCH3 is 1. The average Bonchev–Trinajstić information content (AvgIpc) is 3.03. The summed E-state index contributed by atoms with van der Waals surface area (Å²) in [6.07, 6.45) is 1.03. The first-order chi connectivity index (χ1) is 14.3. The summed E-state index contributed by atoms with van der Waals surface area (Å²) in [5.74, 6) is 0.206. The number of anilines is 2. The van der Waals surface area contributed by atoms with Crippen LogP contribution in [0.1, 0.15) is 42.1 Å². The Morgan fingerprint density at radius 3 is 2.73 bits per heavy atom. The highest BCUT2D eigenvalue weighted by molar-refractivity contribution is 6.10. The van der Waals surface area contributed by atoms with Crippen molar-refractivity contribution in [3.8, 4) is 5.75 Å². The van der Waals surface area contributed by atoms with Gasteiger partial charge in [0.25, 0.3) is 5.91 Å². The van der Waals surface area contributed by atoms with E-state index in [0.717, 1.165) is 5.56 Å². The molecule has 7 nitrogen and oxygen atoms in total. The van der Waals surface area contributed by atoms with E-state index >= 15 is 0 Å². The highest BCUT2D eigenvalue weighted by Crippen LogP contribution is 2.44. The lowest BCUT2D eigenvalue weighted by Gasteiger charge is -2.48. The van der Waals surface area contributed by atoms with Crippen molar-refractivity contribution in [2.75, 3.05) is 23.9 Å². The molecule has 1 N–H and O–H groups in total. The molecular formula is C23H25N3O4. The fraction of sp³-hybridized carbons (Fsp3) is 0.348. The average molecular weight is 407 g/mol. The van der Waals surface area contributed by atoms with E-state index in [9.17, 15) is 14.4 Å². The number of hydrogen-bond donors (Lipinski definition) is 1. The van der Waals surface area contributed by atoms with Crippen LogP contribution in [0.15, 0.2) is 42.5 Å². The summed E-state index contributed by atoms with van der Waals surface area (Å²) in [6, 6.07) is 12.7. The summed E-state index contributed by atoms with van der Waals surface area (Å²) < 4.78 is 5.31. The molecule has 7 heteroatoms. The zero-order valence-corrected chi connectivity index (χ0v) is 17.4. The van der Waals surface area contributed by atoms with E-state index in [-0.39, 0.29) is 30.7 Å². The second-order valence-corrected chi connectivity index (χ2v) is 7.92. The van der Waals surface area contributed by atoms with Crippen LogP contribution in [0, 0.1) is 6.92 Å². The first-order valence-electron chi connectivity index (χ1n) is 10.0. The molecule has 4 rings (SSSR count). The molecule has 0 bridgehead atoms. The Balaban J connectivity index is 1.55. The molecule has 0 radical (unpaired) electrons. The van der Waals surface area contributed by atoms with Gasteiger partial charge in [-0.15, -0.1) is 0 Å². The number of benzene rings is 2. The van der Waals surface area contributed by atoms with Gasteiger partial charge in [0.1, 0.15) is 11.4 Å². The first-order valence-corrected chi connectivity index (χ1v) is 10.0. The third kappa shape index (κ3) is 3.20. The van der Waals surface area contributed by atoms with Gasteiger partial charge in [-0.2, -0.15) is 0 Å². The molecule has 156 valence electrons. The minimum atomic E-state index is -0.760. The van der Waals surface area contributed by atoms with Crippen molar-refractivity contribution in [1.82, 2.24) is 4.90 Å². The Kier molecular flexibility index (Phi) is 4.97. The van der Waals surface area contributed by atoms with Crippen LogP contribution in [-0.2, 0) is 9.59 Å². The molecule has 2 aliphatic heterocycles. The van der Waals surface area contributed by atoms with Gasteiger partial charge in [-0.3, -0.25) is 19.3 Å². The van der Waals surface area contributed by atoms with Crippen molar-refractivity contribution in [2.24, 2.45) is 0 Å². The van der Waals surface area contributed by atoms with Crippen LogP contribution in [0.25, 0.3) is 0 Å². The van der Waals surface area contributed by atoms with Crippen molar-refractivity contribution in [3.05, 3.63) is 53.6 Å². The third-order valence-electron chi connectivity index (χ3n) is 5.94. The standard InChI is InChI=1S/C23H25N3O4/c1-15-8-9-19(30-3)17(14-15)24-20(27)11-13-25-22(29)16-6-4-5-7-18(16)26-21(28)10-12-23(25,26)2/h4-9,14H,10-13H2,1-3H3,(H,24,27). The second-order valence-electron chi connectivity index (χ2n) is 7.92. The minimum Gasteiger partial charge on any atom is -0.495 e. The molecule has 1 saturated heterocycles. The normalized spacial score (nSPS) is 20.1. The maximum Gasteiger partial charge on any atom is 0.257 e. The quantitative estimate of drug-likeness (QED) is 0.825. The van der Waals surface area contributed by atoms with Gasteiger partial charge in [-0.25, -0.2) is 0 Å². The summed E-state index contributed by atoms with van der Waals surface area (Å²) in [6.45, 7) is 4.05. The van der Waals surface area contributed by atoms with Gasteiger partial charge in [0.05, 0.1) is 24.0 Å². The van der Waals surface area contributed by atoms with Gasteiger partial charge >= 0.3 is 0 Å². The van der Waals surface area contributed by atoms with Crippen LogP contribution >= 0.6 is 0 Å². The van der Waals surface area contributed by atoms with E-state index in [0.29, 0.717) is 35.5 Å². The second kappa shape index (κ2) is 7.48. The summed E-state index contributed by atoms with van der Waals surface area (Å²) >= 11 is 0. The highest BCUT2D eigenvalue weighted by Gasteiger charge is 2.52. The van der Waals surface area contributed by atoms with Gasteiger partial charge in [-0.05, 0) is 50.1 Å². The summed E-state index contributed by atoms with van der Waals surface area (Å²) in [4.78, 5) is 41.9. The number of hydrogen-bond acceptors (Lipinski definition) is 4. The largest absolute Gasteiger partial charge is 0.495 e. The zero-order chi connectivity index (χ0) is 21.5. The van der Waals surface area contributed by atoms with Crippen LogP contribution in [-0.4, -0.2) is 41.9 Å². The number of carbonyl (C=O) groups excluding carboxylic acids is 3. The molecule has 2 heterocycles. The Bertz CT molecular complexity index is 1030. The van der Waals surface area contributed by atoms with Gasteiger partial charge in [0.2, 0.25) is 11.8 Å². The zero-order valence-electron chi connectivity index (χ0n) is 17.4. The van der Waals surface area contributed by atoms with E-state index in [4.69, 9.17) is 4.74 Å². The van der Waals surface area contributed by atoms with Crippen molar-refractivity contribution in [1.29, 1.82) is 0 Å². The Morgan fingerprint density at radius 1 is 1.20 bits per heavy atom. The van der Waals surface area contributed by atoms with E-state index in [1.54, 1.807) is 35.1 Å². The lowest BCUT2D eigenvalue weighted by molar-refractivity contribution is -0.117. The number of ether oxygens (including phenoxy) is 1. The van der Waals surface area contributed by atoms with Gasteiger partial charge in [-0.1, -0.05) is 18.2 Å². The number of amides is 3. The van der Waals surface area contributed by atoms with Crippen molar-refractivity contribution in [3.63, 3.8) is 0 Å². The fourth-order valence-corrected chi connectivity index (χ4v) is 4.39. The molecule has 1 unspecified atom stereocenters. The smallest absolute Gasteiger partial charge is 0.257 e. The molecule has 2 aromatic carbocycles. The number of para-hydroxylation sites is 1. The molecule has 1 atom stereocenters. The molecule has 0 saturated carbocycles. The van der Waals surface area contributed by atoms with Crippen LogP contribution in [0.4, 0.5) is 11.4 Å². The molecular weight excluding hydrogens is 382 g/mol. The highest BCUT2D eigenvalue weighted by atomic mass is 16.5. The number of aryl methyl sites for hydroxylation is 1. The number of nitrogens with one attached hydrogen (secondary N) is 1. The summed E-state index contributed by atoms with van der Waals surface area (Å²) in [7, 11) is 1.55. The van der Waals surface area contributed by atoms with Crippen molar-refractivity contribution in [2.45, 2.75) is 38.8 Å². The van der Waals surface area contributed by atoms with Crippen LogP contribution in [0.2, 0.25) is 0 Å². The third-order valence-corrected chi connectivity index (χ3v) is 5.94. The van der Waals surface area contributed by atoms with E-state index in [1.165, 1.54) is 0 Å². The lowest BCUT2D eigenvalue weighted by atomic mass is 9.98. The van der Waals surface area contributed by atoms with Gasteiger partial charge in [0, 0.05) is 19.4 Å². The number of nitrogens with zero attached hydrogens (tertiary/aromatic N) is 2. The fourth-order valence-electron chi connectivity index (χ4n) is 4.39. The predicted octanol–water partition coefficient (Wildman–Crippen LogP) is 3.33. The Labute approximate surface area is 175 Å². The number of carbonyl (C=O) groups is 3. The van der Waals surface area contributed by atoms with Gasteiger partial charge in [0.15, 0.2) is 0 Å². The summed E-state index contributed by atoms with van der Waals surface area (Å²) in [5, 5.41) is 2.87. The molecule has 3 amide bonds. The topological polar surface area (TPSA) is 79.0 Å². The number of rotatable bonds is 5. The molecule has 1 fully saturated rings. The molecule has 2 aromatic rings. The summed E-state index contributed by atoms with van der Waals surface area (Å²) in [5.41, 5.74) is 1.98. The van der Waals surface area contributed by atoms with E-state index in [1.807, 2.05) is 38.1 Å². The predicted molar refractivity (Wildman–Crippen MR) is 114 cm³/mol. The maximum atomic E-state index is 13.2. The molecule has 0 aliphatic carbocycles. The molecule has 30 heavy (non-hydrogen) atoms. The van der Waals surface area contributed by atoms with Crippen molar-refractivity contribution >= 4 is 29.1 Å².